The highest BCUT2D eigenvalue weighted by molar-refractivity contribution is 6.22. The Balaban J connectivity index is 2.15. The van der Waals surface area contributed by atoms with Crippen LogP contribution >= 0.6 is 0 Å². The van der Waals surface area contributed by atoms with E-state index in [-0.39, 0.29) is 12.1 Å². The van der Waals surface area contributed by atoms with Gasteiger partial charge in [-0.1, -0.05) is 0 Å². The lowest BCUT2D eigenvalue weighted by Crippen LogP contribution is -2.12. The van der Waals surface area contributed by atoms with E-state index in [1.54, 1.807) is 0 Å². The zero-order valence-corrected chi connectivity index (χ0v) is 19.8. The fraction of sp³-hybridized carbons (Fsp3) is 0.154. The van der Waals surface area contributed by atoms with Gasteiger partial charge in [0.1, 0.15) is 0 Å². The van der Waals surface area contributed by atoms with Crippen LogP contribution in [0, 0.1) is 22.9 Å². The van der Waals surface area contributed by atoms with Crippen LogP contribution in [0.2, 0.25) is 0 Å². The molecule has 0 bridgehead atoms. The van der Waals surface area contributed by atoms with Gasteiger partial charge in [0, 0.05) is 32.3 Å². The first-order chi connectivity index (χ1) is 19.3. The molecule has 5 rings (SSSR count). The lowest BCUT2D eigenvalue weighted by Gasteiger charge is -2.14. The quantitative estimate of drug-likeness (QED) is 0.133. The van der Waals surface area contributed by atoms with Crippen molar-refractivity contribution in [2.24, 2.45) is 9.98 Å². The average Bonchev–Trinajstić information content (AvgIpc) is 3.32. The van der Waals surface area contributed by atoms with Crippen LogP contribution in [0.25, 0.3) is 43.1 Å². The molecular formula is C26H6F12N4. The molecule has 0 spiro atoms. The molecule has 0 saturated carbocycles. The summed E-state index contributed by atoms with van der Waals surface area (Å²) < 4.78 is 166. The van der Waals surface area contributed by atoms with E-state index in [0.717, 1.165) is 12.1 Å². The summed E-state index contributed by atoms with van der Waals surface area (Å²) in [4.78, 5) is 6.68. The second-order valence-corrected chi connectivity index (χ2v) is 8.95. The maximum atomic E-state index is 14.1. The monoisotopic (exact) mass is 602 g/mol. The number of alkyl halides is 12. The molecule has 4 nitrogen and oxygen atoms in total. The molecule has 0 aliphatic carbocycles. The highest BCUT2D eigenvalue weighted by atomic mass is 19.4. The minimum atomic E-state index is -5.42. The number of fused-ring (bicyclic) bond motifs is 6. The van der Waals surface area contributed by atoms with Gasteiger partial charge in [-0.2, -0.15) is 73.2 Å². The summed E-state index contributed by atoms with van der Waals surface area (Å²) in [5.41, 5.74) is -7.14. The minimum Gasteiger partial charge on any atom is -0.172 e. The van der Waals surface area contributed by atoms with Gasteiger partial charge in [-0.3, -0.25) is 0 Å². The van der Waals surface area contributed by atoms with E-state index >= 15 is 0 Å². The third-order valence-electron chi connectivity index (χ3n) is 6.58. The van der Waals surface area contributed by atoms with Crippen LogP contribution in [0.4, 0.5) is 52.7 Å². The number of benzene rings is 3. The number of hydrogen-bond acceptors (Lipinski definition) is 4. The van der Waals surface area contributed by atoms with E-state index in [0.29, 0.717) is 12.1 Å². The molecule has 0 heterocycles. The molecule has 0 radical (unpaired) electrons. The largest absolute Gasteiger partial charge is 0.417 e. The number of hydrogen-bond donors (Lipinski definition) is 0. The maximum Gasteiger partial charge on any atom is 0.417 e. The summed E-state index contributed by atoms with van der Waals surface area (Å²) >= 11 is 0. The van der Waals surface area contributed by atoms with Crippen molar-refractivity contribution in [1.29, 1.82) is 10.5 Å². The number of nitriles is 2. The number of rotatable bonds is 0. The van der Waals surface area contributed by atoms with Gasteiger partial charge in [-0.15, -0.1) is 0 Å². The van der Waals surface area contributed by atoms with Crippen molar-refractivity contribution in [2.75, 3.05) is 0 Å². The van der Waals surface area contributed by atoms with E-state index in [4.69, 9.17) is 10.5 Å². The van der Waals surface area contributed by atoms with E-state index in [1.165, 1.54) is 12.4 Å². The highest BCUT2D eigenvalue weighted by Gasteiger charge is 2.41. The van der Waals surface area contributed by atoms with Crippen molar-refractivity contribution in [3.63, 3.8) is 0 Å². The first-order valence-electron chi connectivity index (χ1n) is 11.1. The topological polar surface area (TPSA) is 72.3 Å². The van der Waals surface area contributed by atoms with Crippen LogP contribution in [-0.2, 0) is 24.7 Å². The molecule has 0 aromatic heterocycles. The van der Waals surface area contributed by atoms with Crippen molar-refractivity contribution in [1.82, 2.24) is 0 Å². The first-order valence-corrected chi connectivity index (χ1v) is 11.1. The van der Waals surface area contributed by atoms with Gasteiger partial charge in [0.15, 0.2) is 0 Å². The van der Waals surface area contributed by atoms with Crippen LogP contribution in [0.1, 0.15) is 22.3 Å². The second kappa shape index (κ2) is 8.82. The summed E-state index contributed by atoms with van der Waals surface area (Å²) in [6, 6.07) is 1.75. The Bertz CT molecular complexity index is 2000. The molecule has 0 amide bonds. The SMILES string of the molecule is N#CN=c1c2cc3c(cc2c2c(C(F)(F)F)cc(C(F)(F)F)cc12)c(=NC#N)c1cc(C(F)(F)F)cc(C(F)(F)F)c13. The molecule has 0 fully saturated rings. The number of nitrogens with zero attached hydrogens (tertiary/aromatic N) is 4. The van der Waals surface area contributed by atoms with Crippen molar-refractivity contribution in [3.05, 3.63) is 69.4 Å². The van der Waals surface area contributed by atoms with Crippen molar-refractivity contribution in [3.8, 4) is 12.4 Å². The predicted octanol–water partition coefficient (Wildman–Crippen LogP) is 8.01. The van der Waals surface area contributed by atoms with E-state index in [1.807, 2.05) is 0 Å². The minimum absolute atomic E-state index is 0.193. The average molecular weight is 602 g/mol. The second-order valence-electron chi connectivity index (χ2n) is 8.95. The number of halogens is 12. The van der Waals surface area contributed by atoms with Crippen LogP contribution in [0.5, 0.6) is 0 Å². The zero-order valence-electron chi connectivity index (χ0n) is 19.8. The Labute approximate surface area is 223 Å². The van der Waals surface area contributed by atoms with Crippen LogP contribution < -0.4 is 10.7 Å². The van der Waals surface area contributed by atoms with E-state index in [2.05, 4.69) is 9.98 Å². The highest BCUT2D eigenvalue weighted by Crippen LogP contribution is 2.45. The van der Waals surface area contributed by atoms with Crippen LogP contribution in [-0.4, -0.2) is 0 Å². The Morgan fingerprint density at radius 2 is 0.762 bits per heavy atom. The van der Waals surface area contributed by atoms with E-state index in [9.17, 15) is 52.7 Å². The van der Waals surface area contributed by atoms with Crippen molar-refractivity contribution < 1.29 is 52.7 Å². The van der Waals surface area contributed by atoms with Gasteiger partial charge in [-0.25, -0.2) is 0 Å². The van der Waals surface area contributed by atoms with Crippen LogP contribution in [0.15, 0.2) is 46.4 Å². The molecule has 214 valence electrons. The molecule has 42 heavy (non-hydrogen) atoms. The van der Waals surface area contributed by atoms with Gasteiger partial charge in [0.2, 0.25) is 12.4 Å². The van der Waals surface area contributed by atoms with Gasteiger partial charge in [-0.05, 0) is 47.2 Å². The molecule has 0 atom stereocenters. The molecule has 0 saturated heterocycles. The van der Waals surface area contributed by atoms with Gasteiger partial charge < -0.3 is 0 Å². The molecular weight excluding hydrogens is 596 g/mol. The molecule has 0 unspecified atom stereocenters. The first kappa shape index (κ1) is 28.7. The lowest BCUT2D eigenvalue weighted by atomic mass is 10.00. The van der Waals surface area contributed by atoms with Gasteiger partial charge >= 0.3 is 24.7 Å². The van der Waals surface area contributed by atoms with Crippen molar-refractivity contribution in [2.45, 2.75) is 24.7 Å². The summed E-state index contributed by atoms with van der Waals surface area (Å²) in [5, 5.41) is 11.4. The van der Waals surface area contributed by atoms with Crippen LogP contribution in [0.3, 0.4) is 0 Å². The van der Waals surface area contributed by atoms with Gasteiger partial charge in [0.05, 0.1) is 33.0 Å². The fourth-order valence-corrected chi connectivity index (χ4v) is 5.05. The Kier molecular flexibility index (Phi) is 6.02. The lowest BCUT2D eigenvalue weighted by molar-refractivity contribution is -0.143. The van der Waals surface area contributed by atoms with E-state index < -0.39 is 101 Å². The molecule has 0 N–H and O–H groups in total. The Morgan fingerprint density at radius 1 is 0.429 bits per heavy atom. The molecule has 5 aromatic rings. The molecule has 0 aliphatic heterocycles. The smallest absolute Gasteiger partial charge is 0.172 e. The molecule has 5 aromatic carbocycles. The summed E-state index contributed by atoms with van der Waals surface area (Å²) in [5.74, 6) is 0. The summed E-state index contributed by atoms with van der Waals surface area (Å²) in [6.07, 6.45) is -18.9. The third kappa shape index (κ3) is 4.34. The molecule has 0 aliphatic rings. The standard InChI is InChI=1S/C26H6F12N4/c27-23(28,29)9-1-15-19(17(3-9)25(33,34)35)11-5-14-12(6-13(11)21(15)41-7-39)20-16(22(14)42-8-40)2-10(24(30,31)32)4-18(20)26(36,37)38/h1-6H. The predicted molar refractivity (Wildman–Crippen MR) is 121 cm³/mol. The van der Waals surface area contributed by atoms with Gasteiger partial charge in [0.25, 0.3) is 0 Å². The summed E-state index contributed by atoms with van der Waals surface area (Å²) in [7, 11) is 0. The molecule has 16 heteroatoms. The Hall–Kier alpha value is -4.86. The fourth-order valence-electron chi connectivity index (χ4n) is 5.05. The maximum absolute atomic E-state index is 14.1. The third-order valence-corrected chi connectivity index (χ3v) is 6.58. The zero-order chi connectivity index (χ0) is 31.2. The van der Waals surface area contributed by atoms with Crippen molar-refractivity contribution >= 4 is 43.1 Å². The normalized spacial score (nSPS) is 14.4. The summed E-state index contributed by atoms with van der Waals surface area (Å²) in [6.45, 7) is 0. The Morgan fingerprint density at radius 3 is 1.02 bits per heavy atom.